The van der Waals surface area contributed by atoms with E-state index in [2.05, 4.69) is 30.1 Å². The summed E-state index contributed by atoms with van der Waals surface area (Å²) in [5.74, 6) is 0.588. The van der Waals surface area contributed by atoms with Crippen molar-refractivity contribution in [2.75, 3.05) is 5.32 Å². The van der Waals surface area contributed by atoms with Crippen LogP contribution in [0.25, 0.3) is 11.3 Å². The highest BCUT2D eigenvalue weighted by Crippen LogP contribution is 2.48. The van der Waals surface area contributed by atoms with Crippen LogP contribution in [0.2, 0.25) is 0 Å². The first-order valence-corrected chi connectivity index (χ1v) is 13.3. The molecule has 1 amide bonds. The third-order valence-corrected chi connectivity index (χ3v) is 8.28. The number of benzene rings is 2. The average Bonchev–Trinajstić information content (AvgIpc) is 2.85. The van der Waals surface area contributed by atoms with Crippen molar-refractivity contribution in [3.63, 3.8) is 0 Å². The van der Waals surface area contributed by atoms with Gasteiger partial charge in [0.15, 0.2) is 5.16 Å². The standard InChI is InChI=1S/C29H31N3O2S/c1-3-17-32-27(34)25-26(24-10-6-5-9-22(24)18-29(25)15-7-4-8-16-29)31-28(32)35-19-21-11-13-23(14-12-21)30-20(2)33/h3,5-6,9-14H,1,4,7-8,15-19H2,2H3,(H,30,33). The van der Waals surface area contributed by atoms with E-state index < -0.39 is 0 Å². The molecule has 1 N–H and O–H groups in total. The van der Waals surface area contributed by atoms with E-state index in [1.54, 1.807) is 17.8 Å². The molecule has 0 bridgehead atoms. The molecule has 1 fully saturated rings. The molecule has 2 aliphatic carbocycles. The molecule has 3 aromatic rings. The van der Waals surface area contributed by atoms with Crippen molar-refractivity contribution in [1.29, 1.82) is 0 Å². The van der Waals surface area contributed by atoms with Crippen LogP contribution in [0.3, 0.4) is 0 Å². The van der Waals surface area contributed by atoms with Gasteiger partial charge in [-0.1, -0.05) is 73.5 Å². The number of carbonyl (C=O) groups is 1. The molecule has 35 heavy (non-hydrogen) atoms. The zero-order valence-corrected chi connectivity index (χ0v) is 21.0. The van der Waals surface area contributed by atoms with Gasteiger partial charge in [0.2, 0.25) is 5.91 Å². The molecule has 0 unspecified atom stereocenters. The highest BCUT2D eigenvalue weighted by Gasteiger charge is 2.43. The van der Waals surface area contributed by atoms with Gasteiger partial charge in [-0.3, -0.25) is 14.2 Å². The predicted molar refractivity (Wildman–Crippen MR) is 143 cm³/mol. The maximum Gasteiger partial charge on any atom is 0.258 e. The topological polar surface area (TPSA) is 64.0 Å². The Hall–Kier alpha value is -3.12. The summed E-state index contributed by atoms with van der Waals surface area (Å²) in [5, 5.41) is 3.52. The van der Waals surface area contributed by atoms with Crippen LogP contribution in [0, 0.1) is 0 Å². The number of nitrogens with one attached hydrogen (secondary N) is 1. The van der Waals surface area contributed by atoms with Crippen LogP contribution >= 0.6 is 11.8 Å². The zero-order chi connectivity index (χ0) is 24.4. The number of aromatic nitrogens is 2. The van der Waals surface area contributed by atoms with Crippen molar-refractivity contribution in [2.24, 2.45) is 0 Å². The number of anilines is 1. The van der Waals surface area contributed by atoms with E-state index in [1.807, 2.05) is 34.9 Å². The van der Waals surface area contributed by atoms with Gasteiger partial charge in [-0.05, 0) is 42.5 Å². The molecule has 1 heterocycles. The molecule has 1 spiro atoms. The van der Waals surface area contributed by atoms with Gasteiger partial charge in [0.25, 0.3) is 5.56 Å². The molecule has 180 valence electrons. The molecule has 0 saturated heterocycles. The monoisotopic (exact) mass is 485 g/mol. The third kappa shape index (κ3) is 4.59. The number of allylic oxidation sites excluding steroid dienone is 1. The highest BCUT2D eigenvalue weighted by molar-refractivity contribution is 7.98. The van der Waals surface area contributed by atoms with E-state index >= 15 is 0 Å². The Labute approximate surface area is 210 Å². The van der Waals surface area contributed by atoms with Crippen molar-refractivity contribution in [2.45, 2.75) is 68.3 Å². The average molecular weight is 486 g/mol. The molecule has 1 aromatic heterocycles. The van der Waals surface area contributed by atoms with Crippen LogP contribution in [0.1, 0.15) is 55.7 Å². The van der Waals surface area contributed by atoms with E-state index in [9.17, 15) is 9.59 Å². The van der Waals surface area contributed by atoms with Crippen LogP contribution in [0.15, 0.2) is 71.1 Å². The lowest BCUT2D eigenvalue weighted by atomic mass is 9.62. The number of amides is 1. The fourth-order valence-corrected chi connectivity index (χ4v) is 6.61. The lowest BCUT2D eigenvalue weighted by Gasteiger charge is -2.42. The fourth-order valence-electron chi connectivity index (χ4n) is 5.66. The third-order valence-electron chi connectivity index (χ3n) is 7.23. The first-order chi connectivity index (χ1) is 17.0. The Balaban J connectivity index is 1.56. The Kier molecular flexibility index (Phi) is 6.65. The normalized spacial score (nSPS) is 15.8. The number of thioether (sulfide) groups is 1. The molecule has 5 rings (SSSR count). The summed E-state index contributed by atoms with van der Waals surface area (Å²) in [6, 6.07) is 16.3. The van der Waals surface area contributed by atoms with Crippen LogP contribution in [0.5, 0.6) is 0 Å². The molecular weight excluding hydrogens is 454 g/mol. The minimum absolute atomic E-state index is 0.0881. The summed E-state index contributed by atoms with van der Waals surface area (Å²) in [4.78, 5) is 30.6. The number of rotatable bonds is 6. The van der Waals surface area contributed by atoms with Gasteiger partial charge < -0.3 is 5.32 Å². The van der Waals surface area contributed by atoms with Gasteiger partial charge in [0, 0.05) is 35.9 Å². The Morgan fingerprint density at radius 1 is 1.14 bits per heavy atom. The largest absolute Gasteiger partial charge is 0.326 e. The second kappa shape index (κ2) is 9.86. The summed E-state index contributed by atoms with van der Waals surface area (Å²) in [6.45, 7) is 5.86. The molecule has 1 saturated carbocycles. The zero-order valence-electron chi connectivity index (χ0n) is 20.2. The van der Waals surface area contributed by atoms with Gasteiger partial charge >= 0.3 is 0 Å². The van der Waals surface area contributed by atoms with Crippen molar-refractivity contribution in [1.82, 2.24) is 9.55 Å². The van der Waals surface area contributed by atoms with Gasteiger partial charge in [-0.15, -0.1) is 6.58 Å². The molecule has 2 aromatic carbocycles. The quantitative estimate of drug-likeness (QED) is 0.260. The van der Waals surface area contributed by atoms with Gasteiger partial charge in [0.1, 0.15) is 0 Å². The summed E-state index contributed by atoms with van der Waals surface area (Å²) in [7, 11) is 0. The number of hydrogen-bond acceptors (Lipinski definition) is 4. The van der Waals surface area contributed by atoms with Gasteiger partial charge in [-0.2, -0.15) is 0 Å². The number of hydrogen-bond donors (Lipinski definition) is 1. The predicted octanol–water partition coefficient (Wildman–Crippen LogP) is 6.11. The lowest BCUT2D eigenvalue weighted by molar-refractivity contribution is -0.114. The molecule has 2 aliphatic rings. The number of carbonyl (C=O) groups excluding carboxylic acids is 1. The smallest absolute Gasteiger partial charge is 0.258 e. The van der Waals surface area contributed by atoms with E-state index in [-0.39, 0.29) is 16.9 Å². The lowest BCUT2D eigenvalue weighted by Crippen LogP contribution is -2.43. The summed E-state index contributed by atoms with van der Waals surface area (Å²) < 4.78 is 1.81. The van der Waals surface area contributed by atoms with Crippen molar-refractivity contribution < 1.29 is 4.79 Å². The molecule has 0 radical (unpaired) electrons. The summed E-state index contributed by atoms with van der Waals surface area (Å²) in [6.07, 6.45) is 8.36. The maximum absolute atomic E-state index is 14.1. The minimum atomic E-state index is -0.113. The van der Waals surface area contributed by atoms with Crippen LogP contribution in [-0.2, 0) is 28.9 Å². The molecule has 6 heteroatoms. The van der Waals surface area contributed by atoms with Crippen LogP contribution in [0.4, 0.5) is 5.69 Å². The summed E-state index contributed by atoms with van der Waals surface area (Å²) >= 11 is 1.57. The van der Waals surface area contributed by atoms with Gasteiger partial charge in [0.05, 0.1) is 11.3 Å². The fraction of sp³-hybridized carbons (Fsp3) is 0.345. The number of fused-ring (bicyclic) bond motifs is 4. The van der Waals surface area contributed by atoms with Crippen molar-refractivity contribution >= 4 is 23.4 Å². The minimum Gasteiger partial charge on any atom is -0.326 e. The Bertz CT molecular complexity index is 1320. The van der Waals surface area contributed by atoms with Crippen LogP contribution in [-0.4, -0.2) is 15.5 Å². The number of nitrogens with zero attached hydrogens (tertiary/aromatic N) is 2. The molecule has 5 nitrogen and oxygen atoms in total. The summed E-state index contributed by atoms with van der Waals surface area (Å²) in [5.41, 5.74) is 6.06. The Morgan fingerprint density at radius 2 is 1.89 bits per heavy atom. The molecule has 0 atom stereocenters. The molecule has 0 aliphatic heterocycles. The van der Waals surface area contributed by atoms with E-state index in [4.69, 9.17) is 4.98 Å². The molecular formula is C29H31N3O2S. The van der Waals surface area contributed by atoms with E-state index in [1.165, 1.54) is 18.9 Å². The SMILES string of the molecule is C=CCn1c(SCc2ccc(NC(C)=O)cc2)nc2c(c1=O)C1(CCCCC1)Cc1ccccc1-2. The van der Waals surface area contributed by atoms with E-state index in [0.717, 1.165) is 65.3 Å². The van der Waals surface area contributed by atoms with Crippen molar-refractivity contribution in [3.05, 3.63) is 88.2 Å². The Morgan fingerprint density at radius 3 is 2.60 bits per heavy atom. The maximum atomic E-state index is 14.1. The van der Waals surface area contributed by atoms with Gasteiger partial charge in [-0.25, -0.2) is 4.98 Å². The van der Waals surface area contributed by atoms with E-state index in [0.29, 0.717) is 12.3 Å². The second-order valence-corrected chi connectivity index (χ2v) is 10.6. The highest BCUT2D eigenvalue weighted by atomic mass is 32.2. The first kappa shape index (κ1) is 23.6. The van der Waals surface area contributed by atoms with Crippen LogP contribution < -0.4 is 10.9 Å². The van der Waals surface area contributed by atoms with Crippen molar-refractivity contribution in [3.8, 4) is 11.3 Å². The second-order valence-electron chi connectivity index (χ2n) is 9.66. The first-order valence-electron chi connectivity index (χ1n) is 12.3.